The average Bonchev–Trinajstić information content (AvgIpc) is 2.29. The summed E-state index contributed by atoms with van der Waals surface area (Å²) in [5, 5.41) is 8.86. The van der Waals surface area contributed by atoms with Crippen LogP contribution in [0.3, 0.4) is 0 Å². The summed E-state index contributed by atoms with van der Waals surface area (Å²) in [4.78, 5) is 1.88. The van der Waals surface area contributed by atoms with Gasteiger partial charge in [-0.25, -0.2) is 0 Å². The van der Waals surface area contributed by atoms with E-state index >= 15 is 0 Å². The molecule has 0 atom stereocenters. The molecule has 0 radical (unpaired) electrons. The Bertz CT molecular complexity index is 419. The van der Waals surface area contributed by atoms with Gasteiger partial charge in [0.2, 0.25) is 0 Å². The first-order chi connectivity index (χ1) is 8.77. The molecule has 0 aromatic heterocycles. The fraction of sp³-hybridized carbons (Fsp3) is 0.538. The highest BCUT2D eigenvalue weighted by Crippen LogP contribution is 2.34. The Morgan fingerprint density at radius 1 is 1.32 bits per heavy atom. The van der Waals surface area contributed by atoms with E-state index in [4.69, 9.17) is 10.8 Å². The molecule has 1 aromatic carbocycles. The van der Waals surface area contributed by atoms with Crippen LogP contribution in [0, 0.1) is 0 Å². The first-order valence-electron chi connectivity index (χ1n) is 6.11. The largest absolute Gasteiger partial charge is 0.416 e. The first-order valence-corrected chi connectivity index (χ1v) is 6.11. The molecule has 1 aromatic rings. The Morgan fingerprint density at radius 3 is 2.37 bits per heavy atom. The van der Waals surface area contributed by atoms with Crippen molar-refractivity contribution < 1.29 is 18.3 Å². The van der Waals surface area contributed by atoms with Crippen LogP contribution >= 0.6 is 0 Å². The summed E-state index contributed by atoms with van der Waals surface area (Å²) in [6.45, 7) is 4.43. The molecule has 3 N–H and O–H groups in total. The fourth-order valence-corrected chi connectivity index (χ4v) is 1.89. The van der Waals surface area contributed by atoms with Gasteiger partial charge in [-0.05, 0) is 38.5 Å². The first kappa shape index (κ1) is 15.6. The Balaban J connectivity index is 3.05. The van der Waals surface area contributed by atoms with Crippen LogP contribution in [0.2, 0.25) is 0 Å². The van der Waals surface area contributed by atoms with Gasteiger partial charge in [0.25, 0.3) is 0 Å². The predicted octanol–water partition coefficient (Wildman–Crippen LogP) is 2.88. The van der Waals surface area contributed by atoms with E-state index in [0.717, 1.165) is 12.1 Å². The summed E-state index contributed by atoms with van der Waals surface area (Å²) < 4.78 is 37.7. The number of alkyl halides is 3. The number of benzene rings is 1. The molecule has 1 rings (SSSR count). The maximum atomic E-state index is 12.6. The minimum Gasteiger partial charge on any atom is -0.397 e. The Morgan fingerprint density at radius 2 is 1.95 bits per heavy atom. The van der Waals surface area contributed by atoms with Crippen LogP contribution in [0.25, 0.3) is 0 Å². The molecule has 0 saturated carbocycles. The van der Waals surface area contributed by atoms with Crippen molar-refractivity contribution in [2.45, 2.75) is 32.5 Å². The summed E-state index contributed by atoms with van der Waals surface area (Å²) in [5.41, 5.74) is 5.64. The van der Waals surface area contributed by atoms with Gasteiger partial charge in [0.15, 0.2) is 0 Å². The second-order valence-corrected chi connectivity index (χ2v) is 4.64. The monoisotopic (exact) mass is 276 g/mol. The molecule has 6 heteroatoms. The topological polar surface area (TPSA) is 49.5 Å². The lowest BCUT2D eigenvalue weighted by molar-refractivity contribution is -0.137. The number of hydrogen-bond donors (Lipinski definition) is 2. The zero-order valence-corrected chi connectivity index (χ0v) is 11.0. The van der Waals surface area contributed by atoms with E-state index in [1.807, 2.05) is 18.7 Å². The normalized spacial score (nSPS) is 11.9. The van der Waals surface area contributed by atoms with E-state index in [-0.39, 0.29) is 18.3 Å². The van der Waals surface area contributed by atoms with E-state index < -0.39 is 11.7 Å². The lowest BCUT2D eigenvalue weighted by Gasteiger charge is -2.30. The summed E-state index contributed by atoms with van der Waals surface area (Å²) in [7, 11) is 0. The van der Waals surface area contributed by atoms with Crippen LogP contribution in [0.5, 0.6) is 0 Å². The lowest BCUT2D eigenvalue weighted by Crippen LogP contribution is -2.33. The molecular formula is C13H19F3N2O. The van der Waals surface area contributed by atoms with Gasteiger partial charge in [0, 0.05) is 19.2 Å². The number of hydrogen-bond acceptors (Lipinski definition) is 3. The number of rotatable bonds is 5. The summed E-state index contributed by atoms with van der Waals surface area (Å²) in [6, 6.07) is 3.45. The highest BCUT2D eigenvalue weighted by atomic mass is 19.4. The molecule has 0 aliphatic carbocycles. The predicted molar refractivity (Wildman–Crippen MR) is 70.0 cm³/mol. The van der Waals surface area contributed by atoms with Crippen molar-refractivity contribution in [3.8, 4) is 0 Å². The van der Waals surface area contributed by atoms with Gasteiger partial charge in [-0.1, -0.05) is 0 Å². The zero-order valence-electron chi connectivity index (χ0n) is 11.0. The highest BCUT2D eigenvalue weighted by Gasteiger charge is 2.31. The van der Waals surface area contributed by atoms with Gasteiger partial charge in [-0.15, -0.1) is 0 Å². The standard InChI is InChI=1S/C13H19F3N2O/c1-9(2)18(6-3-7-19)12-5-4-10(8-11(12)17)13(14,15)16/h4-5,8-9,19H,3,6-7,17H2,1-2H3. The molecule has 0 aliphatic rings. The summed E-state index contributed by atoms with van der Waals surface area (Å²) in [5.74, 6) is 0. The smallest absolute Gasteiger partial charge is 0.397 e. The molecular weight excluding hydrogens is 257 g/mol. The number of nitrogens with zero attached hydrogens (tertiary/aromatic N) is 1. The maximum absolute atomic E-state index is 12.6. The van der Waals surface area contributed by atoms with Crippen LogP contribution in [0.1, 0.15) is 25.8 Å². The third kappa shape index (κ3) is 4.02. The Labute approximate surface area is 110 Å². The molecule has 0 bridgehead atoms. The van der Waals surface area contributed by atoms with E-state index in [2.05, 4.69) is 0 Å². The Hall–Kier alpha value is -1.43. The summed E-state index contributed by atoms with van der Waals surface area (Å²) in [6.07, 6.45) is -3.85. The molecule has 0 fully saturated rings. The number of nitrogen functional groups attached to an aromatic ring is 1. The third-order valence-electron chi connectivity index (χ3n) is 2.84. The SMILES string of the molecule is CC(C)N(CCCO)c1ccc(C(F)(F)F)cc1N. The van der Waals surface area contributed by atoms with Gasteiger partial charge < -0.3 is 15.7 Å². The van der Waals surface area contributed by atoms with Crippen LogP contribution in [0.15, 0.2) is 18.2 Å². The maximum Gasteiger partial charge on any atom is 0.416 e. The molecule has 108 valence electrons. The van der Waals surface area contributed by atoms with Crippen molar-refractivity contribution in [1.29, 1.82) is 0 Å². The molecule has 0 aliphatic heterocycles. The van der Waals surface area contributed by atoms with Crippen molar-refractivity contribution in [3.63, 3.8) is 0 Å². The van der Waals surface area contributed by atoms with Crippen molar-refractivity contribution in [1.82, 2.24) is 0 Å². The van der Waals surface area contributed by atoms with E-state index in [1.165, 1.54) is 6.07 Å². The van der Waals surface area contributed by atoms with Gasteiger partial charge >= 0.3 is 6.18 Å². The van der Waals surface area contributed by atoms with Gasteiger partial charge in [-0.2, -0.15) is 13.2 Å². The van der Waals surface area contributed by atoms with E-state index in [0.29, 0.717) is 18.7 Å². The van der Waals surface area contributed by atoms with Crippen LogP contribution in [-0.2, 0) is 6.18 Å². The average molecular weight is 276 g/mol. The molecule has 3 nitrogen and oxygen atoms in total. The number of nitrogens with two attached hydrogens (primary N) is 1. The number of anilines is 2. The molecule has 0 unspecified atom stereocenters. The molecule has 0 saturated heterocycles. The van der Waals surface area contributed by atoms with E-state index in [9.17, 15) is 13.2 Å². The minimum absolute atomic E-state index is 0.0315. The van der Waals surface area contributed by atoms with Crippen molar-refractivity contribution in [2.75, 3.05) is 23.8 Å². The van der Waals surface area contributed by atoms with Gasteiger partial charge in [-0.3, -0.25) is 0 Å². The quantitative estimate of drug-likeness (QED) is 0.813. The highest BCUT2D eigenvalue weighted by molar-refractivity contribution is 5.69. The fourth-order valence-electron chi connectivity index (χ4n) is 1.89. The molecule has 0 amide bonds. The van der Waals surface area contributed by atoms with E-state index in [1.54, 1.807) is 0 Å². The second kappa shape index (κ2) is 6.14. The van der Waals surface area contributed by atoms with Gasteiger partial charge in [0.1, 0.15) is 0 Å². The van der Waals surface area contributed by atoms with Crippen molar-refractivity contribution in [3.05, 3.63) is 23.8 Å². The molecule has 19 heavy (non-hydrogen) atoms. The van der Waals surface area contributed by atoms with Gasteiger partial charge in [0.05, 0.1) is 16.9 Å². The second-order valence-electron chi connectivity index (χ2n) is 4.64. The third-order valence-corrected chi connectivity index (χ3v) is 2.84. The zero-order chi connectivity index (χ0) is 14.6. The molecule has 0 spiro atoms. The number of aliphatic hydroxyl groups is 1. The molecule has 0 heterocycles. The summed E-state index contributed by atoms with van der Waals surface area (Å²) >= 11 is 0. The number of aliphatic hydroxyl groups excluding tert-OH is 1. The van der Waals surface area contributed by atoms with Crippen LogP contribution < -0.4 is 10.6 Å². The van der Waals surface area contributed by atoms with Crippen molar-refractivity contribution in [2.24, 2.45) is 0 Å². The van der Waals surface area contributed by atoms with Crippen LogP contribution in [-0.4, -0.2) is 24.3 Å². The van der Waals surface area contributed by atoms with Crippen molar-refractivity contribution >= 4 is 11.4 Å². The number of halogens is 3. The van der Waals surface area contributed by atoms with Crippen LogP contribution in [0.4, 0.5) is 24.5 Å². The Kier molecular flexibility index (Phi) is 5.05. The lowest BCUT2D eigenvalue weighted by atomic mass is 10.1. The minimum atomic E-state index is -4.39.